The molecule has 0 spiro atoms. The van der Waals surface area contributed by atoms with Crippen molar-refractivity contribution in [1.29, 1.82) is 0 Å². The van der Waals surface area contributed by atoms with E-state index in [4.69, 9.17) is 4.74 Å². The minimum Gasteiger partial charge on any atom is -0.444 e. The van der Waals surface area contributed by atoms with Crippen molar-refractivity contribution in [2.24, 2.45) is 0 Å². The van der Waals surface area contributed by atoms with Crippen LogP contribution in [0.5, 0.6) is 0 Å². The molecule has 1 N–H and O–H groups in total. The summed E-state index contributed by atoms with van der Waals surface area (Å²) in [6.07, 6.45) is 9.20. The first-order valence-electron chi connectivity index (χ1n) is 11.0. The van der Waals surface area contributed by atoms with Gasteiger partial charge in [0.15, 0.2) is 0 Å². The molecule has 7 heteroatoms. The zero-order valence-corrected chi connectivity index (χ0v) is 20.3. The molecule has 0 saturated heterocycles. The molecule has 0 aliphatic heterocycles. The van der Waals surface area contributed by atoms with Crippen LogP contribution in [0, 0.1) is 0 Å². The van der Waals surface area contributed by atoms with Crippen molar-refractivity contribution in [3.05, 3.63) is 66.3 Å². The average Bonchev–Trinajstić information content (AvgIpc) is 3.19. The molecule has 7 nitrogen and oxygen atoms in total. The summed E-state index contributed by atoms with van der Waals surface area (Å²) in [6, 6.07) is 7.89. The maximum Gasteiger partial charge on any atom is 0.407 e. The molecule has 174 valence electrons. The molecule has 1 aromatic heterocycles. The lowest BCUT2D eigenvalue weighted by molar-refractivity contribution is 0.0528. The van der Waals surface area contributed by atoms with Crippen LogP contribution in [0.1, 0.15) is 53.5 Å². The molecule has 0 unspecified atom stereocenters. The highest BCUT2D eigenvalue weighted by molar-refractivity contribution is 5.67. The molecular weight excluding hydrogens is 402 g/mol. The Kier molecular flexibility index (Phi) is 11.7. The van der Waals surface area contributed by atoms with Crippen molar-refractivity contribution < 1.29 is 9.53 Å². The maximum atomic E-state index is 11.7. The number of carbonyl (C=O) groups is 1. The van der Waals surface area contributed by atoms with Crippen LogP contribution in [0.3, 0.4) is 0 Å². The van der Waals surface area contributed by atoms with Gasteiger partial charge in [-0.15, -0.1) is 10.2 Å². The molecule has 0 aliphatic rings. The lowest BCUT2D eigenvalue weighted by atomic mass is 10.1. The molecule has 32 heavy (non-hydrogen) atoms. The Labute approximate surface area is 192 Å². The number of alkyl carbamates (subject to hydrolysis) is 1. The lowest BCUT2D eigenvalue weighted by Crippen LogP contribution is -2.33. The third-order valence-corrected chi connectivity index (χ3v) is 3.84. The van der Waals surface area contributed by atoms with E-state index in [0.29, 0.717) is 25.3 Å². The van der Waals surface area contributed by atoms with Gasteiger partial charge in [-0.25, -0.2) is 4.79 Å². The van der Waals surface area contributed by atoms with E-state index in [1.54, 1.807) is 10.9 Å². The van der Waals surface area contributed by atoms with E-state index in [1.165, 1.54) is 6.42 Å². The summed E-state index contributed by atoms with van der Waals surface area (Å²) in [5.41, 5.74) is 2.49. The van der Waals surface area contributed by atoms with Crippen molar-refractivity contribution in [3.8, 4) is 11.4 Å². The fourth-order valence-corrected chi connectivity index (χ4v) is 2.44. The summed E-state index contributed by atoms with van der Waals surface area (Å²) in [5, 5.41) is 15.4. The Hall–Kier alpha value is -3.22. The Morgan fingerprint density at radius 2 is 1.88 bits per heavy atom. The van der Waals surface area contributed by atoms with E-state index < -0.39 is 11.7 Å². The number of allylic oxidation sites excluding steroid dienone is 5. The predicted molar refractivity (Wildman–Crippen MR) is 130 cm³/mol. The van der Waals surface area contributed by atoms with Gasteiger partial charge in [0.2, 0.25) is 5.82 Å². The lowest BCUT2D eigenvalue weighted by Gasteiger charge is -2.19. The number of benzene rings is 1. The fourth-order valence-electron chi connectivity index (χ4n) is 2.44. The molecule has 0 fully saturated rings. The third-order valence-electron chi connectivity index (χ3n) is 3.84. The van der Waals surface area contributed by atoms with E-state index >= 15 is 0 Å². The number of carbonyl (C=O) groups excluding carboxylic acids is 1. The van der Waals surface area contributed by atoms with Crippen molar-refractivity contribution in [3.63, 3.8) is 0 Å². The summed E-state index contributed by atoms with van der Waals surface area (Å²) < 4.78 is 5.22. The number of aromatic nitrogens is 4. The number of hydrogen-bond donors (Lipinski definition) is 1. The van der Waals surface area contributed by atoms with Crippen LogP contribution in [0.4, 0.5) is 4.79 Å². The van der Waals surface area contributed by atoms with E-state index in [-0.39, 0.29) is 0 Å². The second-order valence-corrected chi connectivity index (χ2v) is 8.20. The monoisotopic (exact) mass is 439 g/mol. The molecule has 0 aliphatic carbocycles. The van der Waals surface area contributed by atoms with Gasteiger partial charge in [-0.3, -0.25) is 0 Å². The first-order chi connectivity index (χ1) is 15.2. The van der Waals surface area contributed by atoms with E-state index in [2.05, 4.69) is 41.2 Å². The molecule has 1 aromatic carbocycles. The number of amides is 1. The number of nitrogens with one attached hydrogen (secondary N) is 1. The SMILES string of the molecule is C=C/C(=C\C=C/C)Cn1nnc(-c2ccc(CCNC(=O)OC(C)(C)C)cc2)n1.CCC. The zero-order valence-electron chi connectivity index (χ0n) is 20.3. The van der Waals surface area contributed by atoms with E-state index in [0.717, 1.165) is 16.7 Å². The number of rotatable bonds is 8. The van der Waals surface area contributed by atoms with Gasteiger partial charge in [0.25, 0.3) is 0 Å². The smallest absolute Gasteiger partial charge is 0.407 e. The molecule has 0 saturated carbocycles. The summed E-state index contributed by atoms with van der Waals surface area (Å²) in [4.78, 5) is 13.2. The maximum absolute atomic E-state index is 11.7. The van der Waals surface area contributed by atoms with Crippen LogP contribution in [0.2, 0.25) is 0 Å². The van der Waals surface area contributed by atoms with Gasteiger partial charge < -0.3 is 10.1 Å². The highest BCUT2D eigenvalue weighted by Gasteiger charge is 2.15. The van der Waals surface area contributed by atoms with Gasteiger partial charge in [0, 0.05) is 12.1 Å². The van der Waals surface area contributed by atoms with E-state index in [1.807, 2.05) is 70.2 Å². The van der Waals surface area contributed by atoms with Gasteiger partial charge in [-0.1, -0.05) is 75.4 Å². The standard InChI is InChI=1S/C22H29N5O2.C3H8/c1-6-8-9-17(7-2)16-27-25-20(24-26-27)19-12-10-18(11-13-19)14-15-23-21(28)29-22(3,4)5;1-3-2/h6-13H,2,14-16H2,1,3-5H3,(H,23,28);3H2,1-2H3/b8-6-,17-9+;. The molecule has 2 aromatic rings. The first-order valence-corrected chi connectivity index (χ1v) is 11.0. The fraction of sp³-hybridized carbons (Fsp3) is 0.440. The van der Waals surface area contributed by atoms with Crippen LogP contribution in [0.15, 0.2) is 60.7 Å². The number of ether oxygens (including phenoxy) is 1. The molecule has 1 heterocycles. The second kappa shape index (κ2) is 14.0. The molecule has 0 radical (unpaired) electrons. The second-order valence-electron chi connectivity index (χ2n) is 8.20. The molecule has 2 rings (SSSR count). The van der Waals surface area contributed by atoms with Crippen LogP contribution in [-0.2, 0) is 17.7 Å². The molecule has 0 bridgehead atoms. The Morgan fingerprint density at radius 1 is 1.22 bits per heavy atom. The third kappa shape index (κ3) is 10.7. The van der Waals surface area contributed by atoms with Gasteiger partial charge in [-0.2, -0.15) is 4.80 Å². The largest absolute Gasteiger partial charge is 0.444 e. The molecule has 1 amide bonds. The number of hydrogen-bond acceptors (Lipinski definition) is 5. The van der Waals surface area contributed by atoms with Crippen LogP contribution < -0.4 is 5.32 Å². The highest BCUT2D eigenvalue weighted by Crippen LogP contribution is 2.15. The first kappa shape index (κ1) is 26.8. The minimum atomic E-state index is -0.495. The summed E-state index contributed by atoms with van der Waals surface area (Å²) in [6.45, 7) is 16.6. The van der Waals surface area contributed by atoms with Crippen molar-refractivity contribution >= 4 is 6.09 Å². The minimum absolute atomic E-state index is 0.405. The van der Waals surface area contributed by atoms with E-state index in [9.17, 15) is 4.79 Å². The van der Waals surface area contributed by atoms with Crippen LogP contribution in [-0.4, -0.2) is 38.4 Å². The van der Waals surface area contributed by atoms with Crippen molar-refractivity contribution in [2.75, 3.05) is 6.54 Å². The Morgan fingerprint density at radius 3 is 2.44 bits per heavy atom. The zero-order chi connectivity index (χ0) is 24.0. The summed E-state index contributed by atoms with van der Waals surface area (Å²) >= 11 is 0. The Bertz CT molecular complexity index is 890. The molecule has 0 atom stereocenters. The quantitative estimate of drug-likeness (QED) is 0.548. The number of tetrazole rings is 1. The highest BCUT2D eigenvalue weighted by atomic mass is 16.6. The van der Waals surface area contributed by atoms with Gasteiger partial charge in [0.1, 0.15) is 5.60 Å². The summed E-state index contributed by atoms with van der Waals surface area (Å²) in [7, 11) is 0. The topological polar surface area (TPSA) is 81.9 Å². The van der Waals surface area contributed by atoms with Gasteiger partial charge in [-0.05, 0) is 50.5 Å². The summed E-state index contributed by atoms with van der Waals surface area (Å²) in [5.74, 6) is 0.567. The normalized spacial score (nSPS) is 11.6. The van der Waals surface area contributed by atoms with Crippen molar-refractivity contribution in [2.45, 2.75) is 66.5 Å². The van der Waals surface area contributed by atoms with Crippen molar-refractivity contribution in [1.82, 2.24) is 25.5 Å². The molecular formula is C25H37N5O2. The Balaban J connectivity index is 0.00000161. The number of nitrogens with zero attached hydrogens (tertiary/aromatic N) is 4. The average molecular weight is 440 g/mol. The van der Waals surface area contributed by atoms with Crippen LogP contribution in [0.25, 0.3) is 11.4 Å². The predicted octanol–water partition coefficient (Wildman–Crippen LogP) is 5.51. The van der Waals surface area contributed by atoms with Gasteiger partial charge in [0.05, 0.1) is 6.54 Å². The van der Waals surface area contributed by atoms with Crippen LogP contribution >= 0.6 is 0 Å². The van der Waals surface area contributed by atoms with Gasteiger partial charge >= 0.3 is 6.09 Å².